The Bertz CT molecular complexity index is 411. The molecule has 1 aromatic carbocycles. The molecule has 0 atom stereocenters. The molecule has 114 valence electrons. The summed E-state index contributed by atoms with van der Waals surface area (Å²) in [5, 5.41) is 13.2. The van der Waals surface area contributed by atoms with Crippen molar-refractivity contribution in [2.75, 3.05) is 13.2 Å². The third kappa shape index (κ3) is 6.31. The summed E-state index contributed by atoms with van der Waals surface area (Å²) in [6.07, 6.45) is 2.65. The van der Waals surface area contributed by atoms with Gasteiger partial charge in [0.2, 0.25) is 0 Å². The molecule has 0 saturated carbocycles. The first-order chi connectivity index (χ1) is 9.54. The Morgan fingerprint density at radius 2 is 1.95 bits per heavy atom. The van der Waals surface area contributed by atoms with Crippen LogP contribution in [-0.4, -0.2) is 24.4 Å². The Morgan fingerprint density at radius 1 is 1.20 bits per heavy atom. The summed E-state index contributed by atoms with van der Waals surface area (Å²) in [5.74, 6) is 0.702. The van der Waals surface area contributed by atoms with Crippen LogP contribution in [0.2, 0.25) is 10.0 Å². The van der Waals surface area contributed by atoms with Crippen molar-refractivity contribution in [3.8, 4) is 5.75 Å². The molecule has 0 heterocycles. The van der Waals surface area contributed by atoms with Gasteiger partial charge in [-0.15, -0.1) is 0 Å². The van der Waals surface area contributed by atoms with Gasteiger partial charge in [0.15, 0.2) is 0 Å². The fourth-order valence-electron chi connectivity index (χ4n) is 1.79. The number of halogens is 2. The van der Waals surface area contributed by atoms with E-state index in [1.165, 1.54) is 0 Å². The molecule has 0 bridgehead atoms. The van der Waals surface area contributed by atoms with Crippen LogP contribution in [0.25, 0.3) is 0 Å². The van der Waals surface area contributed by atoms with Crippen LogP contribution in [0.3, 0.4) is 0 Å². The Kier molecular flexibility index (Phi) is 8.31. The van der Waals surface area contributed by atoms with E-state index in [4.69, 9.17) is 33.0 Å². The van der Waals surface area contributed by atoms with Crippen LogP contribution in [0.1, 0.15) is 38.7 Å². The second-order valence-electron chi connectivity index (χ2n) is 5.04. The van der Waals surface area contributed by atoms with E-state index in [2.05, 4.69) is 19.2 Å². The van der Waals surface area contributed by atoms with Crippen LogP contribution in [0.15, 0.2) is 12.1 Å². The number of ether oxygens (including phenoxy) is 1. The third-order valence-electron chi connectivity index (χ3n) is 2.83. The monoisotopic (exact) mass is 319 g/mol. The summed E-state index contributed by atoms with van der Waals surface area (Å²) in [6.45, 7) is 5.66. The summed E-state index contributed by atoms with van der Waals surface area (Å²) in [5.41, 5.74) is 0.971. The number of rotatable bonds is 9. The molecule has 0 aromatic heterocycles. The zero-order valence-electron chi connectivity index (χ0n) is 12.1. The molecular formula is C15H23Cl2NO2. The normalized spacial score (nSPS) is 11.1. The minimum atomic E-state index is 0.227. The van der Waals surface area contributed by atoms with Gasteiger partial charge in [-0.2, -0.15) is 0 Å². The Labute approximate surface area is 131 Å². The van der Waals surface area contributed by atoms with Crippen LogP contribution in [0.4, 0.5) is 0 Å². The lowest BCUT2D eigenvalue weighted by molar-refractivity contribution is 0.265. The van der Waals surface area contributed by atoms with Crippen molar-refractivity contribution in [3.63, 3.8) is 0 Å². The van der Waals surface area contributed by atoms with Gasteiger partial charge in [-0.05, 0) is 31.4 Å². The van der Waals surface area contributed by atoms with Crippen LogP contribution < -0.4 is 10.1 Å². The molecule has 0 amide bonds. The third-order valence-corrected chi connectivity index (χ3v) is 3.33. The molecule has 0 radical (unpaired) electrons. The lowest BCUT2D eigenvalue weighted by Gasteiger charge is -2.15. The van der Waals surface area contributed by atoms with E-state index in [9.17, 15) is 0 Å². The van der Waals surface area contributed by atoms with Gasteiger partial charge in [-0.25, -0.2) is 0 Å². The van der Waals surface area contributed by atoms with E-state index in [0.29, 0.717) is 35.0 Å². The van der Waals surface area contributed by atoms with E-state index < -0.39 is 0 Å². The second-order valence-corrected chi connectivity index (χ2v) is 5.89. The van der Waals surface area contributed by atoms with Crippen molar-refractivity contribution in [2.45, 2.75) is 45.7 Å². The summed E-state index contributed by atoms with van der Waals surface area (Å²) in [6, 6.07) is 3.96. The Balaban J connectivity index is 2.66. The van der Waals surface area contributed by atoms with Crippen molar-refractivity contribution >= 4 is 23.2 Å². The summed E-state index contributed by atoms with van der Waals surface area (Å²) >= 11 is 12.3. The average molecular weight is 320 g/mol. The fourth-order valence-corrected chi connectivity index (χ4v) is 2.38. The molecule has 1 rings (SSSR count). The first-order valence-corrected chi connectivity index (χ1v) is 7.75. The summed E-state index contributed by atoms with van der Waals surface area (Å²) < 4.78 is 5.79. The first kappa shape index (κ1) is 17.6. The quantitative estimate of drug-likeness (QED) is 0.675. The predicted molar refractivity (Wildman–Crippen MR) is 84.9 cm³/mol. The molecule has 3 nitrogen and oxygen atoms in total. The molecule has 0 saturated heterocycles. The zero-order chi connectivity index (χ0) is 15.0. The fraction of sp³-hybridized carbons (Fsp3) is 0.600. The van der Waals surface area contributed by atoms with Crippen LogP contribution in [0, 0.1) is 0 Å². The highest BCUT2D eigenvalue weighted by Crippen LogP contribution is 2.32. The molecule has 0 spiro atoms. The zero-order valence-corrected chi connectivity index (χ0v) is 13.6. The van der Waals surface area contributed by atoms with Crippen molar-refractivity contribution in [2.24, 2.45) is 0 Å². The molecule has 20 heavy (non-hydrogen) atoms. The molecule has 0 unspecified atom stereocenters. The highest BCUT2D eigenvalue weighted by molar-refractivity contribution is 6.35. The number of hydrogen-bond acceptors (Lipinski definition) is 3. The standard InChI is InChI=1S/C15H23Cl2NO2/c1-11(2)18-10-12-8-13(16)9-14(17)15(12)20-7-5-3-4-6-19/h8-9,11,18-19H,3-7,10H2,1-2H3. The van der Waals surface area contributed by atoms with Gasteiger partial charge >= 0.3 is 0 Å². The van der Waals surface area contributed by atoms with Gasteiger partial charge in [-0.3, -0.25) is 0 Å². The van der Waals surface area contributed by atoms with Gasteiger partial charge in [0.1, 0.15) is 5.75 Å². The first-order valence-electron chi connectivity index (χ1n) is 6.99. The van der Waals surface area contributed by atoms with Gasteiger partial charge in [0, 0.05) is 29.8 Å². The topological polar surface area (TPSA) is 41.5 Å². The minimum Gasteiger partial charge on any atom is -0.492 e. The maximum absolute atomic E-state index is 8.74. The SMILES string of the molecule is CC(C)NCc1cc(Cl)cc(Cl)c1OCCCCCO. The lowest BCUT2D eigenvalue weighted by Crippen LogP contribution is -2.22. The molecule has 2 N–H and O–H groups in total. The number of unbranched alkanes of at least 4 members (excludes halogenated alkanes) is 2. The van der Waals surface area contributed by atoms with Gasteiger partial charge < -0.3 is 15.2 Å². The Morgan fingerprint density at radius 3 is 2.60 bits per heavy atom. The maximum atomic E-state index is 8.74. The molecule has 1 aromatic rings. The highest BCUT2D eigenvalue weighted by Gasteiger charge is 2.11. The maximum Gasteiger partial charge on any atom is 0.142 e. The van der Waals surface area contributed by atoms with Crippen LogP contribution >= 0.6 is 23.2 Å². The van der Waals surface area contributed by atoms with Crippen molar-refractivity contribution in [1.82, 2.24) is 5.32 Å². The number of nitrogens with one attached hydrogen (secondary N) is 1. The molecule has 0 aliphatic heterocycles. The average Bonchev–Trinajstić information content (AvgIpc) is 2.38. The van der Waals surface area contributed by atoms with E-state index in [1.54, 1.807) is 6.07 Å². The smallest absolute Gasteiger partial charge is 0.142 e. The van der Waals surface area contributed by atoms with E-state index in [0.717, 1.165) is 24.8 Å². The van der Waals surface area contributed by atoms with Crippen LogP contribution in [0.5, 0.6) is 5.75 Å². The van der Waals surface area contributed by atoms with E-state index in [-0.39, 0.29) is 6.61 Å². The molecule has 0 fully saturated rings. The molecule has 5 heteroatoms. The van der Waals surface area contributed by atoms with E-state index >= 15 is 0 Å². The summed E-state index contributed by atoms with van der Waals surface area (Å²) in [4.78, 5) is 0. The molecule has 0 aliphatic rings. The number of benzene rings is 1. The van der Waals surface area contributed by atoms with Crippen molar-refractivity contribution in [3.05, 3.63) is 27.7 Å². The predicted octanol–water partition coefficient (Wildman–Crippen LogP) is 4.03. The summed E-state index contributed by atoms with van der Waals surface area (Å²) in [7, 11) is 0. The van der Waals surface area contributed by atoms with Gasteiger partial charge in [-0.1, -0.05) is 37.0 Å². The van der Waals surface area contributed by atoms with Gasteiger partial charge in [0.25, 0.3) is 0 Å². The number of aliphatic hydroxyl groups excluding tert-OH is 1. The molecule has 0 aliphatic carbocycles. The Hall–Kier alpha value is -0.480. The largest absolute Gasteiger partial charge is 0.492 e. The highest BCUT2D eigenvalue weighted by atomic mass is 35.5. The van der Waals surface area contributed by atoms with Crippen molar-refractivity contribution < 1.29 is 9.84 Å². The minimum absolute atomic E-state index is 0.227. The number of aliphatic hydroxyl groups is 1. The molecular weight excluding hydrogens is 297 g/mol. The van der Waals surface area contributed by atoms with Crippen LogP contribution in [-0.2, 0) is 6.54 Å². The van der Waals surface area contributed by atoms with Gasteiger partial charge in [0.05, 0.1) is 11.6 Å². The van der Waals surface area contributed by atoms with E-state index in [1.807, 2.05) is 6.07 Å². The van der Waals surface area contributed by atoms with Crippen molar-refractivity contribution in [1.29, 1.82) is 0 Å². The second kappa shape index (κ2) is 9.46. The lowest BCUT2D eigenvalue weighted by atomic mass is 10.2. The number of hydrogen-bond donors (Lipinski definition) is 2.